The maximum absolute atomic E-state index is 11.6. The molecule has 31 heavy (non-hydrogen) atoms. The van der Waals surface area contributed by atoms with Gasteiger partial charge in [-0.2, -0.15) is 0 Å². The van der Waals surface area contributed by atoms with Gasteiger partial charge in [-0.3, -0.25) is 4.79 Å². The van der Waals surface area contributed by atoms with Crippen LogP contribution < -0.4 is 0 Å². The number of carboxylic acids is 1. The molecule has 0 amide bonds. The number of imidazole rings is 1. The van der Waals surface area contributed by atoms with Gasteiger partial charge >= 0.3 is 5.97 Å². The van der Waals surface area contributed by atoms with Gasteiger partial charge in [-0.05, 0) is 60.0 Å². The first-order valence-corrected chi connectivity index (χ1v) is 10.9. The van der Waals surface area contributed by atoms with Crippen molar-refractivity contribution in [3.63, 3.8) is 0 Å². The standard InChI is InChI=1S/C24H18ClN3O2S/c1-13-9-19-23(22(17(13)11-21(29)30)14-3-6-16(25)7-4-14)31-24(27-19)15-5-8-20-18(10-15)26-12-28(20)2/h3-10,12H,11H2,1-2H3,(H,29,30). The van der Waals surface area contributed by atoms with Gasteiger partial charge < -0.3 is 9.67 Å². The Morgan fingerprint density at radius 3 is 2.58 bits per heavy atom. The van der Waals surface area contributed by atoms with Gasteiger partial charge in [0.2, 0.25) is 0 Å². The molecule has 0 aliphatic carbocycles. The monoisotopic (exact) mass is 447 g/mol. The number of hydrogen-bond donors (Lipinski definition) is 1. The Balaban J connectivity index is 1.75. The summed E-state index contributed by atoms with van der Waals surface area (Å²) in [5, 5.41) is 11.0. The van der Waals surface area contributed by atoms with Crippen molar-refractivity contribution >= 4 is 50.2 Å². The number of rotatable bonds is 4. The number of thiazole rings is 1. The van der Waals surface area contributed by atoms with E-state index in [2.05, 4.69) is 11.1 Å². The van der Waals surface area contributed by atoms with Crippen LogP contribution in [0.2, 0.25) is 5.02 Å². The lowest BCUT2D eigenvalue weighted by Gasteiger charge is -2.13. The average Bonchev–Trinajstić information content (AvgIpc) is 3.32. The summed E-state index contributed by atoms with van der Waals surface area (Å²) in [6.45, 7) is 1.94. The summed E-state index contributed by atoms with van der Waals surface area (Å²) in [7, 11) is 1.97. The summed E-state index contributed by atoms with van der Waals surface area (Å²) < 4.78 is 2.96. The van der Waals surface area contributed by atoms with E-state index in [0.717, 1.165) is 54.1 Å². The molecule has 0 radical (unpaired) electrons. The molecule has 1 N–H and O–H groups in total. The number of carbonyl (C=O) groups is 1. The third-order valence-corrected chi connectivity index (χ3v) is 6.83. The molecular formula is C24H18ClN3O2S. The third kappa shape index (κ3) is 3.48. The SMILES string of the molecule is Cc1cc2nc(-c3ccc4c(c3)ncn4C)sc2c(-c2ccc(Cl)cc2)c1CC(=O)O. The molecule has 0 spiro atoms. The van der Waals surface area contributed by atoms with Gasteiger partial charge in [0, 0.05) is 23.2 Å². The number of fused-ring (bicyclic) bond motifs is 2. The van der Waals surface area contributed by atoms with Gasteiger partial charge in [-0.1, -0.05) is 23.7 Å². The van der Waals surface area contributed by atoms with E-state index in [1.54, 1.807) is 17.7 Å². The summed E-state index contributed by atoms with van der Waals surface area (Å²) in [5.41, 5.74) is 7.40. The van der Waals surface area contributed by atoms with Crippen molar-refractivity contribution in [2.75, 3.05) is 0 Å². The average molecular weight is 448 g/mol. The largest absolute Gasteiger partial charge is 0.481 e. The van der Waals surface area contributed by atoms with Crippen LogP contribution in [0.15, 0.2) is 54.9 Å². The van der Waals surface area contributed by atoms with Crippen molar-refractivity contribution in [3.8, 4) is 21.7 Å². The maximum Gasteiger partial charge on any atom is 0.307 e. The summed E-state index contributed by atoms with van der Waals surface area (Å²) in [6, 6.07) is 15.6. The first-order chi connectivity index (χ1) is 14.9. The minimum absolute atomic E-state index is 0.0487. The Labute approximate surface area is 187 Å². The topological polar surface area (TPSA) is 68.0 Å². The molecular weight excluding hydrogens is 430 g/mol. The summed E-state index contributed by atoms with van der Waals surface area (Å²) >= 11 is 7.66. The second-order valence-corrected chi connectivity index (χ2v) is 8.99. The highest BCUT2D eigenvalue weighted by Gasteiger charge is 2.19. The van der Waals surface area contributed by atoms with Crippen LogP contribution in [-0.2, 0) is 18.3 Å². The van der Waals surface area contributed by atoms with E-state index in [9.17, 15) is 9.90 Å². The van der Waals surface area contributed by atoms with Gasteiger partial charge in [-0.15, -0.1) is 11.3 Å². The van der Waals surface area contributed by atoms with Crippen molar-refractivity contribution in [2.45, 2.75) is 13.3 Å². The molecule has 0 fully saturated rings. The molecule has 0 unspecified atom stereocenters. The van der Waals surface area contributed by atoms with Gasteiger partial charge in [-0.25, -0.2) is 9.97 Å². The van der Waals surface area contributed by atoms with Crippen molar-refractivity contribution in [1.82, 2.24) is 14.5 Å². The number of aliphatic carboxylic acids is 1. The Morgan fingerprint density at radius 1 is 1.10 bits per heavy atom. The van der Waals surface area contributed by atoms with Crippen LogP contribution in [-0.4, -0.2) is 25.6 Å². The van der Waals surface area contributed by atoms with E-state index in [4.69, 9.17) is 16.6 Å². The Bertz CT molecular complexity index is 1470. The number of benzene rings is 3. The molecule has 154 valence electrons. The Morgan fingerprint density at radius 2 is 1.84 bits per heavy atom. The quantitative estimate of drug-likeness (QED) is 0.361. The van der Waals surface area contributed by atoms with Crippen molar-refractivity contribution in [3.05, 3.63) is 71.0 Å². The fourth-order valence-electron chi connectivity index (χ4n) is 3.93. The van der Waals surface area contributed by atoms with Gasteiger partial charge in [0.1, 0.15) is 5.01 Å². The molecule has 5 aromatic rings. The molecule has 0 bridgehead atoms. The highest BCUT2D eigenvalue weighted by molar-refractivity contribution is 7.22. The Hall–Kier alpha value is -3.22. The lowest BCUT2D eigenvalue weighted by Crippen LogP contribution is -2.04. The highest BCUT2D eigenvalue weighted by Crippen LogP contribution is 2.41. The lowest BCUT2D eigenvalue weighted by atomic mass is 9.93. The maximum atomic E-state index is 11.6. The van der Waals surface area contributed by atoms with Gasteiger partial charge in [0.15, 0.2) is 0 Å². The predicted octanol–water partition coefficient (Wildman–Crippen LogP) is 6.11. The van der Waals surface area contributed by atoms with Crippen LogP contribution in [0.4, 0.5) is 0 Å². The smallest absolute Gasteiger partial charge is 0.307 e. The summed E-state index contributed by atoms with van der Waals surface area (Å²) in [5.74, 6) is -0.858. The van der Waals surface area contributed by atoms with E-state index < -0.39 is 5.97 Å². The molecule has 0 atom stereocenters. The van der Waals surface area contributed by atoms with Crippen LogP contribution in [0.1, 0.15) is 11.1 Å². The zero-order valence-corrected chi connectivity index (χ0v) is 18.5. The second kappa shape index (κ2) is 7.48. The molecule has 0 aliphatic rings. The molecule has 2 aromatic heterocycles. The minimum atomic E-state index is -0.858. The molecule has 0 saturated carbocycles. The van der Waals surface area contributed by atoms with E-state index in [1.165, 1.54) is 0 Å². The number of aryl methyl sites for hydroxylation is 2. The third-order valence-electron chi connectivity index (χ3n) is 5.44. The fraction of sp³-hybridized carbons (Fsp3) is 0.125. The van der Waals surface area contributed by atoms with Gasteiger partial charge in [0.05, 0.1) is 34.0 Å². The number of hydrogen-bond acceptors (Lipinski definition) is 4. The van der Waals surface area contributed by atoms with E-state index >= 15 is 0 Å². The summed E-state index contributed by atoms with van der Waals surface area (Å²) in [6.07, 6.45) is 1.75. The zero-order valence-electron chi connectivity index (χ0n) is 16.9. The van der Waals surface area contributed by atoms with Crippen molar-refractivity contribution in [2.24, 2.45) is 7.05 Å². The number of nitrogens with zero attached hydrogens (tertiary/aromatic N) is 3. The fourth-order valence-corrected chi connectivity index (χ4v) is 5.19. The lowest BCUT2D eigenvalue weighted by molar-refractivity contribution is -0.136. The van der Waals surface area contributed by atoms with Crippen LogP contribution in [0, 0.1) is 6.92 Å². The van der Waals surface area contributed by atoms with E-state index in [1.807, 2.05) is 61.0 Å². The highest BCUT2D eigenvalue weighted by atomic mass is 35.5. The van der Waals surface area contributed by atoms with Crippen LogP contribution in [0.3, 0.4) is 0 Å². The van der Waals surface area contributed by atoms with Gasteiger partial charge in [0.25, 0.3) is 0 Å². The number of aromatic nitrogens is 3. The van der Waals surface area contributed by atoms with Crippen LogP contribution in [0.5, 0.6) is 0 Å². The predicted molar refractivity (Wildman–Crippen MR) is 126 cm³/mol. The molecule has 5 nitrogen and oxygen atoms in total. The minimum Gasteiger partial charge on any atom is -0.481 e. The molecule has 5 rings (SSSR count). The van der Waals surface area contributed by atoms with Crippen molar-refractivity contribution < 1.29 is 9.90 Å². The molecule has 0 saturated heterocycles. The normalized spacial score (nSPS) is 11.5. The summed E-state index contributed by atoms with van der Waals surface area (Å²) in [4.78, 5) is 21.0. The zero-order chi connectivity index (χ0) is 21.7. The van der Waals surface area contributed by atoms with Crippen molar-refractivity contribution in [1.29, 1.82) is 0 Å². The number of carboxylic acid groups (broad SMARTS) is 1. The Kier molecular flexibility index (Phi) is 4.76. The molecule has 2 heterocycles. The van der Waals surface area contributed by atoms with E-state index in [0.29, 0.717) is 5.02 Å². The first-order valence-electron chi connectivity index (χ1n) is 9.73. The number of halogens is 1. The molecule has 3 aromatic carbocycles. The first kappa shape index (κ1) is 19.7. The van der Waals surface area contributed by atoms with Crippen LogP contribution in [0.25, 0.3) is 42.9 Å². The molecule has 0 aliphatic heterocycles. The van der Waals surface area contributed by atoms with E-state index in [-0.39, 0.29) is 6.42 Å². The molecule has 7 heteroatoms. The second-order valence-electron chi connectivity index (χ2n) is 7.55. The van der Waals surface area contributed by atoms with Crippen LogP contribution >= 0.6 is 22.9 Å².